The van der Waals surface area contributed by atoms with E-state index in [2.05, 4.69) is 20.6 Å². The highest BCUT2D eigenvalue weighted by molar-refractivity contribution is 6.02. The van der Waals surface area contributed by atoms with Gasteiger partial charge in [0.2, 0.25) is 0 Å². The number of carbonyl (C=O) groups is 1. The minimum Gasteiger partial charge on any atom is -0.367 e. The number of hydrogen-bond donors (Lipinski definition) is 2. The maximum Gasteiger partial charge on any atom is 0.274 e. The van der Waals surface area contributed by atoms with Gasteiger partial charge in [0.25, 0.3) is 5.91 Å². The lowest BCUT2D eigenvalue weighted by molar-refractivity contribution is 0.102. The molecule has 0 radical (unpaired) electrons. The van der Waals surface area contributed by atoms with Gasteiger partial charge in [0, 0.05) is 12.2 Å². The average Bonchev–Trinajstić information content (AvgIpc) is 3.26. The Morgan fingerprint density at radius 1 is 1.16 bits per heavy atom. The van der Waals surface area contributed by atoms with Gasteiger partial charge in [-0.1, -0.05) is 6.07 Å². The van der Waals surface area contributed by atoms with Gasteiger partial charge in [-0.3, -0.25) is 9.78 Å². The van der Waals surface area contributed by atoms with Gasteiger partial charge in [-0.05, 0) is 37.1 Å². The molecule has 0 unspecified atom stereocenters. The summed E-state index contributed by atoms with van der Waals surface area (Å²) in [6.45, 7) is 0. The molecule has 1 saturated carbocycles. The SMILES string of the molecule is O=C(Nc1ccc(NC2CC2)nc1)c1ccccn1. The fraction of sp³-hybridized carbons (Fsp3) is 0.214. The molecule has 1 amide bonds. The molecule has 0 spiro atoms. The number of nitrogens with zero attached hydrogens (tertiary/aromatic N) is 2. The van der Waals surface area contributed by atoms with Crippen LogP contribution in [0.5, 0.6) is 0 Å². The predicted octanol–water partition coefficient (Wildman–Crippen LogP) is 2.30. The van der Waals surface area contributed by atoms with Crippen molar-refractivity contribution in [2.45, 2.75) is 18.9 Å². The average molecular weight is 254 g/mol. The quantitative estimate of drug-likeness (QED) is 0.878. The first-order valence-electron chi connectivity index (χ1n) is 6.26. The third-order valence-electron chi connectivity index (χ3n) is 2.85. The Bertz CT molecular complexity index is 564. The first-order chi connectivity index (χ1) is 9.31. The summed E-state index contributed by atoms with van der Waals surface area (Å²) < 4.78 is 0. The number of nitrogens with one attached hydrogen (secondary N) is 2. The number of rotatable bonds is 4. The molecule has 0 aromatic carbocycles. The molecule has 2 aromatic heterocycles. The Morgan fingerprint density at radius 2 is 2.05 bits per heavy atom. The van der Waals surface area contributed by atoms with E-state index in [4.69, 9.17) is 0 Å². The fourth-order valence-electron chi connectivity index (χ4n) is 1.68. The first kappa shape index (κ1) is 11.6. The van der Waals surface area contributed by atoms with Crippen LogP contribution < -0.4 is 10.6 Å². The summed E-state index contributed by atoms with van der Waals surface area (Å²) in [5.41, 5.74) is 1.06. The monoisotopic (exact) mass is 254 g/mol. The highest BCUT2D eigenvalue weighted by Gasteiger charge is 2.21. The van der Waals surface area contributed by atoms with Crippen LogP contribution in [0.1, 0.15) is 23.3 Å². The second-order valence-corrected chi connectivity index (χ2v) is 4.52. The van der Waals surface area contributed by atoms with Gasteiger partial charge >= 0.3 is 0 Å². The van der Waals surface area contributed by atoms with Gasteiger partial charge in [-0.25, -0.2) is 4.98 Å². The summed E-state index contributed by atoms with van der Waals surface area (Å²) in [6, 6.07) is 9.50. The molecule has 2 heterocycles. The Balaban J connectivity index is 1.64. The Morgan fingerprint density at radius 3 is 2.68 bits per heavy atom. The largest absolute Gasteiger partial charge is 0.367 e. The Hall–Kier alpha value is -2.43. The van der Waals surface area contributed by atoms with Crippen LogP contribution in [0.3, 0.4) is 0 Å². The van der Waals surface area contributed by atoms with Crippen molar-refractivity contribution in [2.24, 2.45) is 0 Å². The maximum absolute atomic E-state index is 11.9. The van der Waals surface area contributed by atoms with E-state index in [1.54, 1.807) is 30.6 Å². The molecular weight excluding hydrogens is 240 g/mol. The number of pyridine rings is 2. The Labute approximate surface area is 111 Å². The molecule has 3 rings (SSSR count). The molecule has 0 aliphatic heterocycles. The van der Waals surface area contributed by atoms with E-state index in [0.29, 0.717) is 17.4 Å². The van der Waals surface area contributed by atoms with Crippen molar-refractivity contribution in [3.63, 3.8) is 0 Å². The second-order valence-electron chi connectivity index (χ2n) is 4.52. The number of aromatic nitrogens is 2. The van der Waals surface area contributed by atoms with Gasteiger partial charge in [0.15, 0.2) is 0 Å². The fourth-order valence-corrected chi connectivity index (χ4v) is 1.68. The van der Waals surface area contributed by atoms with Crippen LogP contribution in [0.15, 0.2) is 42.7 Å². The van der Waals surface area contributed by atoms with Crippen molar-refractivity contribution in [2.75, 3.05) is 10.6 Å². The summed E-state index contributed by atoms with van der Waals surface area (Å²) in [5, 5.41) is 6.05. The third kappa shape index (κ3) is 3.07. The van der Waals surface area contributed by atoms with Crippen molar-refractivity contribution in [3.8, 4) is 0 Å². The van der Waals surface area contributed by atoms with E-state index in [-0.39, 0.29) is 5.91 Å². The van der Waals surface area contributed by atoms with Crippen molar-refractivity contribution in [1.29, 1.82) is 0 Å². The number of amides is 1. The normalized spacial score (nSPS) is 13.9. The molecule has 2 N–H and O–H groups in total. The van der Waals surface area contributed by atoms with Gasteiger partial charge in [-0.2, -0.15) is 0 Å². The molecular formula is C14H14N4O. The zero-order valence-electron chi connectivity index (χ0n) is 10.3. The van der Waals surface area contributed by atoms with E-state index >= 15 is 0 Å². The van der Waals surface area contributed by atoms with Crippen molar-refractivity contribution in [3.05, 3.63) is 48.4 Å². The highest BCUT2D eigenvalue weighted by Crippen LogP contribution is 2.23. The first-order valence-corrected chi connectivity index (χ1v) is 6.26. The summed E-state index contributed by atoms with van der Waals surface area (Å²) in [7, 11) is 0. The summed E-state index contributed by atoms with van der Waals surface area (Å²) >= 11 is 0. The lowest BCUT2D eigenvalue weighted by Gasteiger charge is -2.06. The van der Waals surface area contributed by atoms with Crippen LogP contribution >= 0.6 is 0 Å². The number of anilines is 2. The highest BCUT2D eigenvalue weighted by atomic mass is 16.1. The van der Waals surface area contributed by atoms with E-state index in [1.165, 1.54) is 12.8 Å². The van der Waals surface area contributed by atoms with E-state index < -0.39 is 0 Å². The minimum absolute atomic E-state index is 0.231. The van der Waals surface area contributed by atoms with Gasteiger partial charge in [-0.15, -0.1) is 0 Å². The Kier molecular flexibility index (Phi) is 3.10. The van der Waals surface area contributed by atoms with Crippen molar-refractivity contribution < 1.29 is 4.79 Å². The zero-order chi connectivity index (χ0) is 13.1. The van der Waals surface area contributed by atoms with E-state index in [1.807, 2.05) is 12.1 Å². The van der Waals surface area contributed by atoms with Crippen LogP contribution in [0, 0.1) is 0 Å². The molecule has 2 aromatic rings. The topological polar surface area (TPSA) is 66.9 Å². The third-order valence-corrected chi connectivity index (χ3v) is 2.85. The molecule has 19 heavy (non-hydrogen) atoms. The van der Waals surface area contributed by atoms with Crippen LogP contribution in [-0.4, -0.2) is 21.9 Å². The molecule has 1 fully saturated rings. The zero-order valence-corrected chi connectivity index (χ0v) is 10.3. The van der Waals surface area contributed by atoms with Crippen LogP contribution in [0.2, 0.25) is 0 Å². The molecule has 0 bridgehead atoms. The summed E-state index contributed by atoms with van der Waals surface area (Å²) in [5.74, 6) is 0.614. The van der Waals surface area contributed by atoms with Gasteiger partial charge < -0.3 is 10.6 Å². The molecule has 0 atom stereocenters. The van der Waals surface area contributed by atoms with E-state index in [0.717, 1.165) is 5.82 Å². The number of hydrogen-bond acceptors (Lipinski definition) is 4. The van der Waals surface area contributed by atoms with Gasteiger partial charge in [0.1, 0.15) is 11.5 Å². The van der Waals surface area contributed by atoms with Crippen molar-refractivity contribution >= 4 is 17.4 Å². The van der Waals surface area contributed by atoms with Crippen LogP contribution in [0.25, 0.3) is 0 Å². The second kappa shape index (κ2) is 5.06. The summed E-state index contributed by atoms with van der Waals surface area (Å²) in [6.07, 6.45) is 5.65. The standard InChI is InChI=1S/C14H14N4O/c19-14(12-3-1-2-8-15-12)18-11-6-7-13(16-9-11)17-10-4-5-10/h1-3,6-10H,4-5H2,(H,16,17)(H,18,19). The molecule has 1 aliphatic rings. The molecule has 5 nitrogen and oxygen atoms in total. The van der Waals surface area contributed by atoms with Crippen LogP contribution in [0.4, 0.5) is 11.5 Å². The van der Waals surface area contributed by atoms with Crippen LogP contribution in [-0.2, 0) is 0 Å². The van der Waals surface area contributed by atoms with Crippen molar-refractivity contribution in [1.82, 2.24) is 9.97 Å². The predicted molar refractivity (Wildman–Crippen MR) is 73.1 cm³/mol. The lowest BCUT2D eigenvalue weighted by Crippen LogP contribution is -2.13. The smallest absolute Gasteiger partial charge is 0.274 e. The molecule has 0 saturated heterocycles. The summed E-state index contributed by atoms with van der Waals surface area (Å²) in [4.78, 5) is 20.1. The molecule has 1 aliphatic carbocycles. The minimum atomic E-state index is -0.231. The number of carbonyl (C=O) groups excluding carboxylic acids is 1. The maximum atomic E-state index is 11.9. The van der Waals surface area contributed by atoms with E-state index in [9.17, 15) is 4.79 Å². The van der Waals surface area contributed by atoms with Gasteiger partial charge in [0.05, 0.1) is 11.9 Å². The molecule has 96 valence electrons. The lowest BCUT2D eigenvalue weighted by atomic mass is 10.3. The molecule has 5 heteroatoms.